The SMILES string of the molecule is CC(C)Cn1c(SCC(=O)NNC(=O)c2ccc(Br)cc2)nc2ccccc21. The van der Waals surface area contributed by atoms with Gasteiger partial charge in [-0.25, -0.2) is 4.98 Å². The minimum Gasteiger partial charge on any atom is -0.319 e. The molecule has 0 unspecified atom stereocenters. The molecule has 0 bridgehead atoms. The van der Waals surface area contributed by atoms with E-state index in [-0.39, 0.29) is 17.6 Å². The van der Waals surface area contributed by atoms with Crippen LogP contribution in [0.2, 0.25) is 0 Å². The topological polar surface area (TPSA) is 76.0 Å². The minimum absolute atomic E-state index is 0.155. The first kappa shape index (κ1) is 20.4. The van der Waals surface area contributed by atoms with Gasteiger partial charge in [-0.3, -0.25) is 20.4 Å². The molecule has 0 aliphatic heterocycles. The first-order valence-corrected chi connectivity index (χ1v) is 10.6. The van der Waals surface area contributed by atoms with E-state index in [4.69, 9.17) is 0 Å². The molecule has 0 spiro atoms. The Hall–Kier alpha value is -2.32. The van der Waals surface area contributed by atoms with Gasteiger partial charge in [-0.05, 0) is 42.3 Å². The molecule has 0 saturated heterocycles. The molecular formula is C20H21BrN4O2S. The van der Waals surface area contributed by atoms with Crippen LogP contribution in [0.25, 0.3) is 11.0 Å². The van der Waals surface area contributed by atoms with Crippen molar-refractivity contribution in [2.75, 3.05) is 5.75 Å². The normalized spacial score (nSPS) is 11.0. The fourth-order valence-corrected chi connectivity index (χ4v) is 3.76. The molecule has 3 rings (SSSR count). The number of hydrogen-bond donors (Lipinski definition) is 2. The van der Waals surface area contributed by atoms with Gasteiger partial charge in [0.15, 0.2) is 5.16 Å². The number of hydrazine groups is 1. The predicted octanol–water partition coefficient (Wildman–Crippen LogP) is 4.01. The smallest absolute Gasteiger partial charge is 0.269 e. The van der Waals surface area contributed by atoms with Gasteiger partial charge in [0.25, 0.3) is 5.91 Å². The van der Waals surface area contributed by atoms with Crippen molar-refractivity contribution in [1.29, 1.82) is 0 Å². The second-order valence-electron chi connectivity index (χ2n) is 6.69. The van der Waals surface area contributed by atoms with Crippen molar-refractivity contribution in [3.63, 3.8) is 0 Å². The monoisotopic (exact) mass is 460 g/mol. The number of imidazole rings is 1. The summed E-state index contributed by atoms with van der Waals surface area (Å²) < 4.78 is 3.02. The maximum atomic E-state index is 12.2. The van der Waals surface area contributed by atoms with Gasteiger partial charge >= 0.3 is 0 Å². The quantitative estimate of drug-likeness (QED) is 0.430. The van der Waals surface area contributed by atoms with E-state index in [9.17, 15) is 9.59 Å². The predicted molar refractivity (Wildman–Crippen MR) is 115 cm³/mol. The number of amides is 2. The van der Waals surface area contributed by atoms with Gasteiger partial charge in [-0.2, -0.15) is 0 Å². The molecule has 146 valence electrons. The summed E-state index contributed by atoms with van der Waals surface area (Å²) in [5.74, 6) is -0.0466. The van der Waals surface area contributed by atoms with Crippen molar-refractivity contribution >= 4 is 50.5 Å². The minimum atomic E-state index is -0.363. The van der Waals surface area contributed by atoms with E-state index in [2.05, 4.69) is 50.2 Å². The van der Waals surface area contributed by atoms with Crippen molar-refractivity contribution in [2.45, 2.75) is 25.5 Å². The van der Waals surface area contributed by atoms with Crippen LogP contribution >= 0.6 is 27.7 Å². The maximum Gasteiger partial charge on any atom is 0.269 e. The maximum absolute atomic E-state index is 12.2. The molecule has 3 aromatic rings. The third-order valence-corrected chi connectivity index (χ3v) is 5.43. The summed E-state index contributed by atoms with van der Waals surface area (Å²) in [6.45, 7) is 5.12. The summed E-state index contributed by atoms with van der Waals surface area (Å²) in [6, 6.07) is 14.8. The molecule has 1 aromatic heterocycles. The molecule has 0 radical (unpaired) electrons. The summed E-state index contributed by atoms with van der Waals surface area (Å²) in [5.41, 5.74) is 7.32. The molecule has 0 atom stereocenters. The Labute approximate surface area is 176 Å². The van der Waals surface area contributed by atoms with Crippen LogP contribution < -0.4 is 10.9 Å². The van der Waals surface area contributed by atoms with Crippen molar-refractivity contribution < 1.29 is 9.59 Å². The highest BCUT2D eigenvalue weighted by atomic mass is 79.9. The molecular weight excluding hydrogens is 440 g/mol. The van der Waals surface area contributed by atoms with Gasteiger partial charge in [0.2, 0.25) is 5.91 Å². The Balaban J connectivity index is 1.60. The van der Waals surface area contributed by atoms with Crippen molar-refractivity contribution in [1.82, 2.24) is 20.4 Å². The number of para-hydroxylation sites is 2. The number of rotatable bonds is 6. The average Bonchev–Trinajstić information content (AvgIpc) is 3.02. The highest BCUT2D eigenvalue weighted by molar-refractivity contribution is 9.10. The molecule has 28 heavy (non-hydrogen) atoms. The number of hydrogen-bond acceptors (Lipinski definition) is 4. The molecule has 2 amide bonds. The van der Waals surface area contributed by atoms with E-state index in [1.807, 2.05) is 24.3 Å². The van der Waals surface area contributed by atoms with Crippen molar-refractivity contribution in [2.24, 2.45) is 5.92 Å². The van der Waals surface area contributed by atoms with E-state index in [0.717, 1.165) is 27.2 Å². The van der Waals surface area contributed by atoms with E-state index in [1.165, 1.54) is 11.8 Å². The van der Waals surface area contributed by atoms with Crippen LogP contribution in [0.4, 0.5) is 0 Å². The average molecular weight is 461 g/mol. The Kier molecular flexibility index (Phi) is 6.74. The lowest BCUT2D eigenvalue weighted by atomic mass is 10.2. The van der Waals surface area contributed by atoms with Crippen molar-refractivity contribution in [3.8, 4) is 0 Å². The van der Waals surface area contributed by atoms with Gasteiger partial charge < -0.3 is 4.57 Å². The van der Waals surface area contributed by atoms with Crippen LogP contribution in [-0.4, -0.2) is 27.1 Å². The zero-order chi connectivity index (χ0) is 20.1. The largest absolute Gasteiger partial charge is 0.319 e. The molecule has 0 fully saturated rings. The van der Waals surface area contributed by atoms with Crippen LogP contribution in [0, 0.1) is 5.92 Å². The number of thioether (sulfide) groups is 1. The number of halogens is 1. The van der Waals surface area contributed by atoms with E-state index >= 15 is 0 Å². The van der Waals surface area contributed by atoms with E-state index < -0.39 is 0 Å². The van der Waals surface area contributed by atoms with Gasteiger partial charge in [0.1, 0.15) is 0 Å². The lowest BCUT2D eigenvalue weighted by Crippen LogP contribution is -2.42. The van der Waals surface area contributed by atoms with Gasteiger partial charge in [-0.15, -0.1) is 0 Å². The molecule has 6 nitrogen and oxygen atoms in total. The number of nitrogens with zero attached hydrogens (tertiary/aromatic N) is 2. The standard InChI is InChI=1S/C20H21BrN4O2S/c1-13(2)11-25-17-6-4-3-5-16(17)22-20(25)28-12-18(26)23-24-19(27)14-7-9-15(21)10-8-14/h3-10,13H,11-12H2,1-2H3,(H,23,26)(H,24,27). The summed E-state index contributed by atoms with van der Waals surface area (Å²) in [4.78, 5) is 28.9. The lowest BCUT2D eigenvalue weighted by molar-refractivity contribution is -0.119. The van der Waals surface area contributed by atoms with Crippen LogP contribution in [0.1, 0.15) is 24.2 Å². The van der Waals surface area contributed by atoms with Crippen LogP contribution in [0.15, 0.2) is 58.2 Å². The molecule has 0 saturated carbocycles. The number of nitrogens with one attached hydrogen (secondary N) is 2. The number of fused-ring (bicyclic) bond motifs is 1. The molecule has 2 aromatic carbocycles. The molecule has 0 aliphatic rings. The number of benzene rings is 2. The van der Waals surface area contributed by atoms with Crippen LogP contribution in [-0.2, 0) is 11.3 Å². The number of carbonyl (C=O) groups excluding carboxylic acids is 2. The van der Waals surface area contributed by atoms with E-state index in [0.29, 0.717) is 11.5 Å². The third kappa shape index (κ3) is 5.14. The first-order valence-electron chi connectivity index (χ1n) is 8.87. The zero-order valence-electron chi connectivity index (χ0n) is 15.6. The van der Waals surface area contributed by atoms with E-state index in [1.54, 1.807) is 24.3 Å². The van der Waals surface area contributed by atoms with Crippen LogP contribution in [0.5, 0.6) is 0 Å². The van der Waals surface area contributed by atoms with Crippen molar-refractivity contribution in [3.05, 3.63) is 58.6 Å². The Morgan fingerprint density at radius 2 is 1.82 bits per heavy atom. The molecule has 8 heteroatoms. The fraction of sp³-hybridized carbons (Fsp3) is 0.250. The Morgan fingerprint density at radius 3 is 2.54 bits per heavy atom. The number of carbonyl (C=O) groups is 2. The van der Waals surface area contributed by atoms with Crippen LogP contribution in [0.3, 0.4) is 0 Å². The summed E-state index contributed by atoms with van der Waals surface area (Å²) in [5, 5.41) is 0.796. The fourth-order valence-electron chi connectivity index (χ4n) is 2.67. The third-order valence-electron chi connectivity index (χ3n) is 3.92. The second kappa shape index (κ2) is 9.25. The van der Waals surface area contributed by atoms with Gasteiger partial charge in [-0.1, -0.05) is 53.7 Å². The zero-order valence-corrected chi connectivity index (χ0v) is 18.0. The number of aromatic nitrogens is 2. The molecule has 0 aliphatic carbocycles. The first-order chi connectivity index (χ1) is 13.4. The van der Waals surface area contributed by atoms with Gasteiger partial charge in [0.05, 0.1) is 16.8 Å². The molecule has 1 heterocycles. The lowest BCUT2D eigenvalue weighted by Gasteiger charge is -2.11. The molecule has 2 N–H and O–H groups in total. The Morgan fingerprint density at radius 1 is 1.11 bits per heavy atom. The second-order valence-corrected chi connectivity index (χ2v) is 8.54. The highest BCUT2D eigenvalue weighted by Gasteiger charge is 2.14. The summed E-state index contributed by atoms with van der Waals surface area (Å²) in [7, 11) is 0. The summed E-state index contributed by atoms with van der Waals surface area (Å²) in [6.07, 6.45) is 0. The Bertz CT molecular complexity index is 986. The summed E-state index contributed by atoms with van der Waals surface area (Å²) >= 11 is 4.68. The van der Waals surface area contributed by atoms with Gasteiger partial charge in [0, 0.05) is 16.6 Å². The highest BCUT2D eigenvalue weighted by Crippen LogP contribution is 2.25.